The molecule has 1 aromatic carbocycles. The Balaban J connectivity index is 1.92. The van der Waals surface area contributed by atoms with Crippen molar-refractivity contribution in [3.8, 4) is 0 Å². The van der Waals surface area contributed by atoms with Gasteiger partial charge in [0, 0.05) is 10.4 Å². The van der Waals surface area contributed by atoms with Crippen LogP contribution >= 0.6 is 23.8 Å². The Morgan fingerprint density at radius 2 is 2.12 bits per heavy atom. The summed E-state index contributed by atoms with van der Waals surface area (Å²) in [6, 6.07) is 7.67. The zero-order chi connectivity index (χ0) is 17.4. The molecule has 0 aromatic heterocycles. The number of thiocarbonyl (C=S) groups is 1. The Bertz CT molecular complexity index is 686. The number of hydrogen-bond acceptors (Lipinski definition) is 5. The molecule has 1 aromatic rings. The van der Waals surface area contributed by atoms with Crippen molar-refractivity contribution in [2.45, 2.75) is 38.5 Å². The van der Waals surface area contributed by atoms with E-state index in [1.54, 1.807) is 11.7 Å². The first kappa shape index (κ1) is 17.4. The van der Waals surface area contributed by atoms with E-state index in [0.717, 1.165) is 24.0 Å². The lowest BCUT2D eigenvalue weighted by atomic mass is 9.75. The second kappa shape index (κ2) is 6.47. The summed E-state index contributed by atoms with van der Waals surface area (Å²) in [7, 11) is 0. The van der Waals surface area contributed by atoms with Gasteiger partial charge in [-0.05, 0) is 41.5 Å². The van der Waals surface area contributed by atoms with E-state index >= 15 is 0 Å². The maximum absolute atomic E-state index is 11.6. The molecule has 1 fully saturated rings. The summed E-state index contributed by atoms with van der Waals surface area (Å²) in [6.07, 6.45) is 5.33. The number of hydrazone groups is 1. The molecule has 2 N–H and O–H groups in total. The first-order valence-electron chi connectivity index (χ1n) is 8.05. The van der Waals surface area contributed by atoms with Gasteiger partial charge < -0.3 is 10.4 Å². The third-order valence-electron chi connectivity index (χ3n) is 5.17. The van der Waals surface area contributed by atoms with E-state index in [2.05, 4.69) is 30.3 Å². The molecule has 2 atom stereocenters. The minimum absolute atomic E-state index is 0.155. The smallest absolute Gasteiger partial charge is 0.146 e. The van der Waals surface area contributed by atoms with Gasteiger partial charge in [0.1, 0.15) is 18.1 Å². The van der Waals surface area contributed by atoms with Crippen LogP contribution in [0.25, 0.3) is 6.08 Å². The van der Waals surface area contributed by atoms with Crippen LogP contribution in [-0.2, 0) is 0 Å². The molecule has 1 saturated carbocycles. The SMILES string of the molecule is CC1(C)CCC(=Cc2ccc(Cl)cc2)C1(O)CN1N=CNC1C=S. The zero-order valence-electron chi connectivity index (χ0n) is 13.9. The van der Waals surface area contributed by atoms with Crippen molar-refractivity contribution >= 4 is 41.6 Å². The third-order valence-corrected chi connectivity index (χ3v) is 5.68. The molecule has 0 saturated heterocycles. The number of nitrogens with zero attached hydrogens (tertiary/aromatic N) is 2. The van der Waals surface area contributed by atoms with Gasteiger partial charge in [0.15, 0.2) is 0 Å². The summed E-state index contributed by atoms with van der Waals surface area (Å²) < 4.78 is 0. The highest BCUT2D eigenvalue weighted by molar-refractivity contribution is 7.79. The van der Waals surface area contributed by atoms with Gasteiger partial charge in [-0.25, -0.2) is 0 Å². The topological polar surface area (TPSA) is 47.9 Å². The Labute approximate surface area is 153 Å². The van der Waals surface area contributed by atoms with Gasteiger partial charge in [-0.15, -0.1) is 0 Å². The van der Waals surface area contributed by atoms with E-state index in [9.17, 15) is 5.11 Å². The van der Waals surface area contributed by atoms with Crippen molar-refractivity contribution in [2.75, 3.05) is 6.54 Å². The van der Waals surface area contributed by atoms with Crippen LogP contribution in [-0.4, -0.2) is 40.1 Å². The number of halogens is 1. The normalized spacial score (nSPS) is 29.9. The first-order chi connectivity index (χ1) is 11.4. The summed E-state index contributed by atoms with van der Waals surface area (Å²) in [5.74, 6) is 0. The molecule has 0 bridgehead atoms. The lowest BCUT2D eigenvalue weighted by Crippen LogP contribution is -2.52. The minimum atomic E-state index is -0.966. The lowest BCUT2D eigenvalue weighted by molar-refractivity contribution is -0.0411. The van der Waals surface area contributed by atoms with E-state index in [0.29, 0.717) is 11.6 Å². The van der Waals surface area contributed by atoms with Crippen molar-refractivity contribution in [1.29, 1.82) is 0 Å². The molecule has 0 amide bonds. The number of nitrogens with one attached hydrogen (secondary N) is 1. The number of β-amino-alcohol motifs (C(OH)–C–C–N with tert-alkyl or cyclic N) is 1. The average Bonchev–Trinajstić information content (AvgIpc) is 3.07. The molecule has 0 radical (unpaired) electrons. The minimum Gasteiger partial charge on any atom is -0.383 e. The second-order valence-corrected chi connectivity index (χ2v) is 7.76. The molecule has 2 aliphatic rings. The summed E-state index contributed by atoms with van der Waals surface area (Å²) in [5.41, 5.74) is 0.863. The standard InChI is InChI=1S/C18H22ClN3OS/c1-17(2)8-7-14(9-13-3-5-15(19)6-4-13)18(17,23)11-22-16(10-24)20-12-21-22/h3-6,9-10,12,16,23H,7-8,11H2,1-2H3,(H,20,21). The van der Waals surface area contributed by atoms with Crippen molar-refractivity contribution in [3.05, 3.63) is 40.4 Å². The highest BCUT2D eigenvalue weighted by atomic mass is 35.5. The van der Waals surface area contributed by atoms with Crippen LogP contribution in [0.1, 0.15) is 32.3 Å². The van der Waals surface area contributed by atoms with Crippen molar-refractivity contribution in [3.63, 3.8) is 0 Å². The Hall–Kier alpha value is -1.43. The molecular formula is C18H22ClN3OS. The molecule has 1 heterocycles. The molecule has 128 valence electrons. The fraction of sp³-hybridized carbons (Fsp3) is 0.444. The quantitative estimate of drug-likeness (QED) is 0.804. The van der Waals surface area contributed by atoms with Gasteiger partial charge in [-0.1, -0.05) is 55.9 Å². The fourth-order valence-corrected chi connectivity index (χ4v) is 3.73. The van der Waals surface area contributed by atoms with Crippen LogP contribution in [0.2, 0.25) is 5.02 Å². The van der Waals surface area contributed by atoms with E-state index in [1.165, 1.54) is 0 Å². The monoisotopic (exact) mass is 363 g/mol. The van der Waals surface area contributed by atoms with Crippen molar-refractivity contribution < 1.29 is 5.11 Å². The molecular weight excluding hydrogens is 342 g/mol. The summed E-state index contributed by atoms with van der Waals surface area (Å²) in [5, 5.41) is 23.1. The predicted octanol–water partition coefficient (Wildman–Crippen LogP) is 3.45. The second-order valence-electron chi connectivity index (χ2n) is 7.06. The van der Waals surface area contributed by atoms with Crippen LogP contribution in [0.15, 0.2) is 34.9 Å². The zero-order valence-corrected chi connectivity index (χ0v) is 15.4. The molecule has 6 heteroatoms. The van der Waals surface area contributed by atoms with E-state index in [4.69, 9.17) is 23.8 Å². The molecule has 0 spiro atoms. The van der Waals surface area contributed by atoms with E-state index < -0.39 is 5.60 Å². The largest absolute Gasteiger partial charge is 0.383 e. The maximum atomic E-state index is 11.6. The molecule has 3 rings (SSSR count). The molecule has 24 heavy (non-hydrogen) atoms. The van der Waals surface area contributed by atoms with E-state index in [-0.39, 0.29) is 11.6 Å². The summed E-state index contributed by atoms with van der Waals surface area (Å²) >= 11 is 11.0. The van der Waals surface area contributed by atoms with Crippen LogP contribution in [0.3, 0.4) is 0 Å². The number of benzene rings is 1. The van der Waals surface area contributed by atoms with Crippen molar-refractivity contribution in [2.24, 2.45) is 10.5 Å². The Morgan fingerprint density at radius 1 is 1.42 bits per heavy atom. The summed E-state index contributed by atoms with van der Waals surface area (Å²) in [4.78, 5) is 0. The summed E-state index contributed by atoms with van der Waals surface area (Å²) in [6.45, 7) is 4.62. The van der Waals surface area contributed by atoms with Crippen molar-refractivity contribution in [1.82, 2.24) is 10.3 Å². The predicted molar refractivity (Wildman–Crippen MR) is 103 cm³/mol. The molecule has 4 nitrogen and oxygen atoms in total. The van der Waals surface area contributed by atoms with E-state index in [1.807, 2.05) is 29.3 Å². The van der Waals surface area contributed by atoms with Gasteiger partial charge in [-0.2, -0.15) is 5.10 Å². The Kier molecular flexibility index (Phi) is 4.69. The third kappa shape index (κ3) is 3.08. The van der Waals surface area contributed by atoms with Gasteiger partial charge in [0.25, 0.3) is 0 Å². The average molecular weight is 364 g/mol. The number of aliphatic hydroxyl groups is 1. The fourth-order valence-electron chi connectivity index (χ4n) is 3.39. The van der Waals surface area contributed by atoms with Gasteiger partial charge >= 0.3 is 0 Å². The molecule has 1 aliphatic carbocycles. The lowest BCUT2D eigenvalue weighted by Gasteiger charge is -2.40. The van der Waals surface area contributed by atoms with Gasteiger partial charge in [-0.3, -0.25) is 5.01 Å². The first-order valence-corrected chi connectivity index (χ1v) is 8.90. The van der Waals surface area contributed by atoms with Gasteiger partial charge in [0.05, 0.1) is 6.54 Å². The Morgan fingerprint density at radius 3 is 2.79 bits per heavy atom. The molecule has 2 unspecified atom stereocenters. The molecule has 1 aliphatic heterocycles. The van der Waals surface area contributed by atoms with Crippen LogP contribution in [0.5, 0.6) is 0 Å². The highest BCUT2D eigenvalue weighted by Crippen LogP contribution is 2.50. The van der Waals surface area contributed by atoms with Crippen LogP contribution in [0, 0.1) is 5.41 Å². The van der Waals surface area contributed by atoms with Crippen LogP contribution < -0.4 is 5.32 Å². The number of hydrogen-bond donors (Lipinski definition) is 2. The number of rotatable bonds is 4. The maximum Gasteiger partial charge on any atom is 0.146 e. The highest BCUT2D eigenvalue weighted by Gasteiger charge is 2.52. The van der Waals surface area contributed by atoms with Crippen LogP contribution in [0.4, 0.5) is 0 Å². The van der Waals surface area contributed by atoms with Gasteiger partial charge in [0.2, 0.25) is 0 Å².